The second kappa shape index (κ2) is 5.21. The molecule has 1 aromatic heterocycles. The highest BCUT2D eigenvalue weighted by molar-refractivity contribution is 6.62. The maximum Gasteiger partial charge on any atom is 0.494 e. The molecule has 0 atom stereocenters. The second-order valence-corrected chi connectivity index (χ2v) is 7.27. The summed E-state index contributed by atoms with van der Waals surface area (Å²) in [5, 5.41) is 1.07. The molecule has 0 saturated carbocycles. The Hall–Kier alpha value is -1.59. The minimum Gasteiger partial charge on any atom is -0.399 e. The molecule has 0 bridgehead atoms. The van der Waals surface area contributed by atoms with Crippen LogP contribution in [-0.4, -0.2) is 22.9 Å². The third-order valence-electron chi connectivity index (χ3n) is 5.18. The fourth-order valence-electron chi connectivity index (χ4n) is 3.02. The van der Waals surface area contributed by atoms with Gasteiger partial charge in [0.2, 0.25) is 0 Å². The number of aromatic nitrogens is 1. The van der Waals surface area contributed by atoms with Gasteiger partial charge in [0.1, 0.15) is 0 Å². The van der Waals surface area contributed by atoms with Crippen LogP contribution in [0.3, 0.4) is 0 Å². The first-order valence-electron chi connectivity index (χ1n) is 8.16. The smallest absolute Gasteiger partial charge is 0.399 e. The Morgan fingerprint density at radius 2 is 1.70 bits per heavy atom. The first-order valence-corrected chi connectivity index (χ1v) is 8.16. The van der Waals surface area contributed by atoms with Crippen LogP contribution >= 0.6 is 0 Å². The van der Waals surface area contributed by atoms with Gasteiger partial charge >= 0.3 is 7.12 Å². The SMILES string of the molecule is CCn1c(=O)cc(C)c2cc(B3OC(C)(C)C(C)(C)O3)ccc21. The van der Waals surface area contributed by atoms with Crippen molar-refractivity contribution >= 4 is 23.5 Å². The first kappa shape index (κ1) is 16.3. The number of fused-ring (bicyclic) bond motifs is 1. The monoisotopic (exact) mass is 313 g/mol. The summed E-state index contributed by atoms with van der Waals surface area (Å²) < 4.78 is 14.0. The lowest BCUT2D eigenvalue weighted by Gasteiger charge is -2.32. The van der Waals surface area contributed by atoms with E-state index in [2.05, 4.69) is 6.07 Å². The predicted octanol–water partition coefficient (Wildman–Crippen LogP) is 2.63. The van der Waals surface area contributed by atoms with Crippen LogP contribution in [0.2, 0.25) is 0 Å². The summed E-state index contributed by atoms with van der Waals surface area (Å²) >= 11 is 0. The zero-order chi connectivity index (χ0) is 17.0. The van der Waals surface area contributed by atoms with Gasteiger partial charge in [0, 0.05) is 18.0 Å². The van der Waals surface area contributed by atoms with Gasteiger partial charge in [-0.3, -0.25) is 4.79 Å². The molecule has 2 heterocycles. The van der Waals surface area contributed by atoms with Gasteiger partial charge in [-0.05, 0) is 58.6 Å². The maximum absolute atomic E-state index is 12.1. The summed E-state index contributed by atoms with van der Waals surface area (Å²) in [4.78, 5) is 12.1. The highest BCUT2D eigenvalue weighted by Gasteiger charge is 2.51. The Kier molecular flexibility index (Phi) is 3.69. The molecule has 0 amide bonds. The molecule has 23 heavy (non-hydrogen) atoms. The van der Waals surface area contributed by atoms with Gasteiger partial charge in [-0.15, -0.1) is 0 Å². The number of aryl methyl sites for hydroxylation is 2. The normalized spacial score (nSPS) is 19.5. The molecule has 1 aliphatic heterocycles. The van der Waals surface area contributed by atoms with Crippen LogP contribution in [0.1, 0.15) is 40.2 Å². The van der Waals surface area contributed by atoms with Crippen LogP contribution in [0.4, 0.5) is 0 Å². The van der Waals surface area contributed by atoms with Crippen molar-refractivity contribution < 1.29 is 9.31 Å². The topological polar surface area (TPSA) is 40.5 Å². The molecule has 0 unspecified atom stereocenters. The highest BCUT2D eigenvalue weighted by Crippen LogP contribution is 2.36. The Morgan fingerprint density at radius 1 is 1.09 bits per heavy atom. The molecule has 0 radical (unpaired) electrons. The largest absolute Gasteiger partial charge is 0.494 e. The molecule has 1 aromatic carbocycles. The lowest BCUT2D eigenvalue weighted by molar-refractivity contribution is 0.00578. The standard InChI is InChI=1S/C18H24BNO3/c1-7-20-15-9-8-13(11-14(15)12(2)10-16(20)21)19-22-17(3,4)18(5,6)23-19/h8-11H,7H2,1-6H3. The fourth-order valence-corrected chi connectivity index (χ4v) is 3.02. The molecule has 2 aromatic rings. The van der Waals surface area contributed by atoms with Crippen LogP contribution in [0, 0.1) is 6.92 Å². The average Bonchev–Trinajstić information content (AvgIpc) is 2.67. The van der Waals surface area contributed by atoms with E-state index < -0.39 is 0 Å². The molecule has 5 heteroatoms. The van der Waals surface area contributed by atoms with Crippen LogP contribution < -0.4 is 11.0 Å². The van der Waals surface area contributed by atoms with Crippen molar-refractivity contribution in [2.45, 2.75) is 59.3 Å². The van der Waals surface area contributed by atoms with E-state index in [1.807, 2.05) is 53.7 Å². The van der Waals surface area contributed by atoms with Crippen molar-refractivity contribution in [1.29, 1.82) is 0 Å². The lowest BCUT2D eigenvalue weighted by Crippen LogP contribution is -2.41. The Balaban J connectivity index is 2.11. The van der Waals surface area contributed by atoms with E-state index in [9.17, 15) is 4.79 Å². The van der Waals surface area contributed by atoms with Crippen molar-refractivity contribution in [3.05, 3.63) is 40.2 Å². The highest BCUT2D eigenvalue weighted by atomic mass is 16.7. The summed E-state index contributed by atoms with van der Waals surface area (Å²) in [6.45, 7) is 12.8. The number of hydrogen-bond donors (Lipinski definition) is 0. The van der Waals surface area contributed by atoms with E-state index in [1.54, 1.807) is 10.6 Å². The minimum atomic E-state index is -0.384. The van der Waals surface area contributed by atoms with E-state index >= 15 is 0 Å². The molecule has 122 valence electrons. The third-order valence-corrected chi connectivity index (χ3v) is 5.18. The molecule has 0 spiro atoms. The van der Waals surface area contributed by atoms with Crippen molar-refractivity contribution in [2.75, 3.05) is 0 Å². The number of pyridine rings is 1. The van der Waals surface area contributed by atoms with E-state index in [1.165, 1.54) is 0 Å². The van der Waals surface area contributed by atoms with E-state index in [0.29, 0.717) is 6.54 Å². The van der Waals surface area contributed by atoms with Crippen molar-refractivity contribution in [3.63, 3.8) is 0 Å². The number of benzene rings is 1. The molecule has 0 N–H and O–H groups in total. The first-order chi connectivity index (χ1) is 10.7. The second-order valence-electron chi connectivity index (χ2n) is 7.27. The Bertz CT molecular complexity index is 807. The molecular formula is C18H24BNO3. The Labute approximate surface area is 137 Å². The Morgan fingerprint density at radius 3 is 2.26 bits per heavy atom. The molecule has 1 fully saturated rings. The third kappa shape index (κ3) is 2.52. The zero-order valence-corrected chi connectivity index (χ0v) is 14.8. The minimum absolute atomic E-state index is 0.0425. The van der Waals surface area contributed by atoms with Crippen LogP contribution in [-0.2, 0) is 15.9 Å². The summed E-state index contributed by atoms with van der Waals surface area (Å²) in [5.74, 6) is 0. The van der Waals surface area contributed by atoms with E-state index in [-0.39, 0.29) is 23.9 Å². The van der Waals surface area contributed by atoms with E-state index in [0.717, 1.165) is 21.9 Å². The predicted molar refractivity (Wildman–Crippen MR) is 94.3 cm³/mol. The van der Waals surface area contributed by atoms with Gasteiger partial charge in [-0.2, -0.15) is 0 Å². The van der Waals surface area contributed by atoms with Crippen LogP contribution in [0.25, 0.3) is 10.9 Å². The van der Waals surface area contributed by atoms with Gasteiger partial charge in [-0.1, -0.05) is 12.1 Å². The quantitative estimate of drug-likeness (QED) is 0.800. The summed E-state index contributed by atoms with van der Waals surface area (Å²) in [5.41, 5.74) is 2.25. The molecule has 0 aliphatic carbocycles. The maximum atomic E-state index is 12.1. The van der Waals surface area contributed by atoms with Gasteiger partial charge < -0.3 is 13.9 Å². The molecule has 3 rings (SSSR count). The zero-order valence-electron chi connectivity index (χ0n) is 14.8. The van der Waals surface area contributed by atoms with Crippen molar-refractivity contribution in [3.8, 4) is 0 Å². The van der Waals surface area contributed by atoms with Gasteiger partial charge in [0.25, 0.3) is 5.56 Å². The van der Waals surface area contributed by atoms with Crippen molar-refractivity contribution in [1.82, 2.24) is 4.57 Å². The summed E-state index contributed by atoms with van der Waals surface area (Å²) in [6, 6.07) is 7.77. The fraction of sp³-hybridized carbons (Fsp3) is 0.500. The number of rotatable bonds is 2. The van der Waals surface area contributed by atoms with Crippen LogP contribution in [0.5, 0.6) is 0 Å². The van der Waals surface area contributed by atoms with Crippen LogP contribution in [0.15, 0.2) is 29.1 Å². The number of hydrogen-bond acceptors (Lipinski definition) is 3. The summed E-state index contributed by atoms with van der Waals surface area (Å²) in [7, 11) is -0.384. The van der Waals surface area contributed by atoms with Crippen molar-refractivity contribution in [2.24, 2.45) is 0 Å². The lowest BCUT2D eigenvalue weighted by atomic mass is 9.78. The van der Waals surface area contributed by atoms with Gasteiger partial charge in [0.05, 0.1) is 16.7 Å². The van der Waals surface area contributed by atoms with Gasteiger partial charge in [0.15, 0.2) is 0 Å². The molecule has 4 nitrogen and oxygen atoms in total. The van der Waals surface area contributed by atoms with E-state index in [4.69, 9.17) is 9.31 Å². The average molecular weight is 313 g/mol. The number of nitrogens with zero attached hydrogens (tertiary/aromatic N) is 1. The molecule has 1 aliphatic rings. The summed E-state index contributed by atoms with van der Waals surface area (Å²) in [6.07, 6.45) is 0. The molecule has 1 saturated heterocycles. The van der Waals surface area contributed by atoms with Gasteiger partial charge in [-0.25, -0.2) is 0 Å². The molecular weight excluding hydrogens is 289 g/mol.